The van der Waals surface area contributed by atoms with Gasteiger partial charge in [-0.05, 0) is 73.8 Å². The van der Waals surface area contributed by atoms with Gasteiger partial charge in [-0.1, -0.05) is 0 Å². The molecule has 2 aromatic heterocycles. The number of thiophene rings is 1. The molecule has 0 unspecified atom stereocenters. The Labute approximate surface area is 198 Å². The summed E-state index contributed by atoms with van der Waals surface area (Å²) < 4.78 is 6.42. The van der Waals surface area contributed by atoms with Crippen LogP contribution in [0.3, 0.4) is 0 Å². The van der Waals surface area contributed by atoms with E-state index in [9.17, 15) is 14.7 Å². The van der Waals surface area contributed by atoms with Crippen molar-refractivity contribution in [2.24, 2.45) is 0 Å². The van der Waals surface area contributed by atoms with Crippen molar-refractivity contribution in [3.05, 3.63) is 33.6 Å². The number of hydrogen-bond donors (Lipinski definition) is 3. The quantitative estimate of drug-likeness (QED) is 0.455. The first-order valence-electron chi connectivity index (χ1n) is 10.4. The van der Waals surface area contributed by atoms with E-state index in [2.05, 4.69) is 31.2 Å². The number of ether oxygens (including phenoxy) is 1. The van der Waals surface area contributed by atoms with Crippen LogP contribution in [0.2, 0.25) is 0 Å². The van der Waals surface area contributed by atoms with Crippen molar-refractivity contribution in [2.75, 3.05) is 13.1 Å². The van der Waals surface area contributed by atoms with Crippen molar-refractivity contribution >= 4 is 50.3 Å². The van der Waals surface area contributed by atoms with Gasteiger partial charge in [0.15, 0.2) is 0 Å². The molecule has 1 fully saturated rings. The van der Waals surface area contributed by atoms with E-state index in [-0.39, 0.29) is 23.8 Å². The molecule has 1 atom stereocenters. The van der Waals surface area contributed by atoms with Crippen LogP contribution < -0.4 is 5.32 Å². The summed E-state index contributed by atoms with van der Waals surface area (Å²) in [7, 11) is 0. The van der Waals surface area contributed by atoms with E-state index < -0.39 is 5.60 Å². The first-order valence-corrected chi connectivity index (χ1v) is 12.0. The Hall–Kier alpha value is -2.59. The minimum Gasteiger partial charge on any atom is -0.506 e. The molecule has 1 aliphatic rings. The Morgan fingerprint density at radius 1 is 1.31 bits per heavy atom. The molecule has 0 aliphatic carbocycles. The number of aromatic amines is 1. The van der Waals surface area contributed by atoms with Gasteiger partial charge in [0.1, 0.15) is 28.2 Å². The van der Waals surface area contributed by atoms with Gasteiger partial charge in [0.25, 0.3) is 5.91 Å². The van der Waals surface area contributed by atoms with Crippen molar-refractivity contribution in [1.29, 1.82) is 0 Å². The molecule has 170 valence electrons. The highest BCUT2D eigenvalue weighted by atomic mass is 79.9. The van der Waals surface area contributed by atoms with E-state index in [0.717, 1.165) is 21.5 Å². The number of aromatic nitrogens is 2. The summed E-state index contributed by atoms with van der Waals surface area (Å²) in [6.45, 7) is 6.48. The molecule has 0 radical (unpaired) electrons. The zero-order valence-corrected chi connectivity index (χ0v) is 20.5. The zero-order chi connectivity index (χ0) is 23.0. The van der Waals surface area contributed by atoms with E-state index in [1.54, 1.807) is 11.0 Å². The first kappa shape index (κ1) is 22.6. The standard InChI is InChI=1S/C22H25BrN4O4S/c1-22(2,3)31-21(30)27-10-4-5-12(11-27)24-20(29)13-6-7-14(28)18-17(13)25-19(26-18)15-8-9-16(23)32-15/h6-9,12,28H,4-5,10-11H2,1-3H3,(H,24,29)(H,25,26)/t12-/m0/s1. The van der Waals surface area contributed by atoms with Crippen LogP contribution in [-0.2, 0) is 4.74 Å². The predicted octanol–water partition coefficient (Wildman–Crippen LogP) is 4.89. The lowest BCUT2D eigenvalue weighted by atomic mass is 10.0. The van der Waals surface area contributed by atoms with Crippen molar-refractivity contribution in [3.8, 4) is 16.5 Å². The third-order valence-electron chi connectivity index (χ3n) is 5.08. The van der Waals surface area contributed by atoms with Crippen LogP contribution in [0.4, 0.5) is 4.79 Å². The average molecular weight is 521 g/mol. The third kappa shape index (κ3) is 4.91. The SMILES string of the molecule is CC(C)(C)OC(=O)N1CCC[C@H](NC(=O)c2ccc(O)c3[nH]c(-c4ccc(Br)s4)nc23)C1. The minimum absolute atomic E-state index is 0.0275. The van der Waals surface area contributed by atoms with Crippen LogP contribution in [-0.4, -0.2) is 56.7 Å². The molecule has 8 nitrogen and oxygen atoms in total. The number of fused-ring (bicyclic) bond motifs is 1. The molecule has 3 N–H and O–H groups in total. The number of hydrogen-bond acceptors (Lipinski definition) is 6. The van der Waals surface area contributed by atoms with Crippen molar-refractivity contribution in [2.45, 2.75) is 45.3 Å². The fourth-order valence-corrected chi connectivity index (χ4v) is 5.00. The number of halogens is 1. The number of nitrogens with zero attached hydrogens (tertiary/aromatic N) is 2. The van der Waals surface area contributed by atoms with Crippen LogP contribution in [0.25, 0.3) is 21.7 Å². The van der Waals surface area contributed by atoms with Gasteiger partial charge in [-0.2, -0.15) is 0 Å². The summed E-state index contributed by atoms with van der Waals surface area (Å²) in [5.74, 6) is 0.316. The molecule has 0 bridgehead atoms. The zero-order valence-electron chi connectivity index (χ0n) is 18.1. The molecular formula is C22H25BrN4O4S. The number of imidazole rings is 1. The number of benzene rings is 1. The van der Waals surface area contributed by atoms with Crippen LogP contribution in [0.1, 0.15) is 44.0 Å². The molecule has 2 amide bonds. The molecule has 3 aromatic rings. The molecule has 32 heavy (non-hydrogen) atoms. The second-order valence-corrected chi connectivity index (χ2v) is 11.2. The van der Waals surface area contributed by atoms with E-state index in [1.165, 1.54) is 17.4 Å². The van der Waals surface area contributed by atoms with Gasteiger partial charge < -0.3 is 25.0 Å². The highest BCUT2D eigenvalue weighted by Gasteiger charge is 2.29. The lowest BCUT2D eigenvalue weighted by Gasteiger charge is -2.34. The Morgan fingerprint density at radius 2 is 2.09 bits per heavy atom. The summed E-state index contributed by atoms with van der Waals surface area (Å²) in [6.07, 6.45) is 1.17. The Balaban J connectivity index is 1.53. The van der Waals surface area contributed by atoms with Crippen molar-refractivity contribution in [1.82, 2.24) is 20.2 Å². The van der Waals surface area contributed by atoms with E-state index in [1.807, 2.05) is 32.9 Å². The maximum absolute atomic E-state index is 13.1. The lowest BCUT2D eigenvalue weighted by molar-refractivity contribution is 0.0185. The number of rotatable bonds is 3. The second kappa shape index (κ2) is 8.74. The molecule has 1 saturated heterocycles. The largest absolute Gasteiger partial charge is 0.506 e. The molecule has 0 saturated carbocycles. The number of carbonyl (C=O) groups is 2. The number of piperidine rings is 1. The Bertz CT molecular complexity index is 1170. The molecular weight excluding hydrogens is 496 g/mol. The Kier molecular flexibility index (Phi) is 6.17. The van der Waals surface area contributed by atoms with Crippen LogP contribution in [0.5, 0.6) is 5.75 Å². The Morgan fingerprint density at radius 3 is 2.78 bits per heavy atom. The maximum atomic E-state index is 13.1. The van der Waals surface area contributed by atoms with E-state index >= 15 is 0 Å². The molecule has 10 heteroatoms. The second-order valence-electron chi connectivity index (χ2n) is 8.78. The van der Waals surface area contributed by atoms with Gasteiger partial charge in [0.2, 0.25) is 0 Å². The minimum atomic E-state index is -0.569. The van der Waals surface area contributed by atoms with Crippen LogP contribution >= 0.6 is 27.3 Å². The van der Waals surface area contributed by atoms with Crippen molar-refractivity contribution in [3.63, 3.8) is 0 Å². The number of amides is 2. The summed E-state index contributed by atoms with van der Waals surface area (Å²) in [6, 6.07) is 6.68. The van der Waals surface area contributed by atoms with Gasteiger partial charge in [0, 0.05) is 19.1 Å². The van der Waals surface area contributed by atoms with Gasteiger partial charge in [0.05, 0.1) is 14.2 Å². The van der Waals surface area contributed by atoms with Gasteiger partial charge in [-0.15, -0.1) is 11.3 Å². The summed E-state index contributed by atoms with van der Waals surface area (Å²) >= 11 is 4.94. The molecule has 0 spiro atoms. The van der Waals surface area contributed by atoms with Crippen LogP contribution in [0, 0.1) is 0 Å². The monoisotopic (exact) mass is 520 g/mol. The maximum Gasteiger partial charge on any atom is 0.410 e. The molecule has 4 rings (SSSR count). The number of carbonyl (C=O) groups excluding carboxylic acids is 2. The van der Waals surface area contributed by atoms with Crippen molar-refractivity contribution < 1.29 is 19.4 Å². The predicted molar refractivity (Wildman–Crippen MR) is 127 cm³/mol. The number of H-pyrrole nitrogens is 1. The molecule has 1 aromatic carbocycles. The van der Waals surface area contributed by atoms with E-state index in [0.29, 0.717) is 35.5 Å². The number of nitrogens with one attached hydrogen (secondary N) is 2. The highest BCUT2D eigenvalue weighted by Crippen LogP contribution is 2.34. The fraction of sp³-hybridized carbons (Fsp3) is 0.409. The smallest absolute Gasteiger partial charge is 0.410 e. The number of aromatic hydroxyl groups is 1. The summed E-state index contributed by atoms with van der Waals surface area (Å²) in [4.78, 5) is 35.7. The third-order valence-corrected chi connectivity index (χ3v) is 6.71. The fourth-order valence-electron chi connectivity index (χ4n) is 3.67. The number of phenols is 1. The average Bonchev–Trinajstić information content (AvgIpc) is 3.34. The number of likely N-dealkylation sites (tertiary alicyclic amines) is 1. The molecule has 1 aliphatic heterocycles. The van der Waals surface area contributed by atoms with Crippen LogP contribution in [0.15, 0.2) is 28.1 Å². The lowest BCUT2D eigenvalue weighted by Crippen LogP contribution is -2.50. The first-order chi connectivity index (χ1) is 15.1. The summed E-state index contributed by atoms with van der Waals surface area (Å²) in [5, 5.41) is 13.3. The van der Waals surface area contributed by atoms with Gasteiger partial charge >= 0.3 is 6.09 Å². The topological polar surface area (TPSA) is 108 Å². The highest BCUT2D eigenvalue weighted by molar-refractivity contribution is 9.11. The van der Waals surface area contributed by atoms with E-state index in [4.69, 9.17) is 4.74 Å². The van der Waals surface area contributed by atoms with Gasteiger partial charge in [-0.25, -0.2) is 9.78 Å². The molecule has 3 heterocycles. The number of phenolic OH excluding ortho intramolecular Hbond substituents is 1. The summed E-state index contributed by atoms with van der Waals surface area (Å²) in [5.41, 5.74) is 0.615. The van der Waals surface area contributed by atoms with Gasteiger partial charge in [-0.3, -0.25) is 4.79 Å². The normalized spacial score (nSPS) is 16.9.